The summed E-state index contributed by atoms with van der Waals surface area (Å²) in [5.41, 5.74) is 0. The van der Waals surface area contributed by atoms with E-state index in [2.05, 4.69) is 27.1 Å². The van der Waals surface area contributed by atoms with Crippen LogP contribution in [0, 0.1) is 0 Å². The second-order valence-corrected chi connectivity index (χ2v) is 11.9. The molecule has 0 aromatic carbocycles. The van der Waals surface area contributed by atoms with Crippen LogP contribution in [0.25, 0.3) is 0 Å². The molecule has 1 aliphatic rings. The number of carbonyl (C=O) groups is 3. The lowest BCUT2D eigenvalue weighted by Crippen LogP contribution is -2.62. The van der Waals surface area contributed by atoms with Crippen LogP contribution in [0.5, 0.6) is 0 Å². The molecule has 1 saturated heterocycles. The number of phosphoric acid groups is 3. The number of phosphoric ester groups is 3. The van der Waals surface area contributed by atoms with Crippen molar-refractivity contribution in [3.05, 3.63) is 0 Å². The molecule has 8 atom stereocenters. The number of hydrogen-bond acceptors (Lipinski definition) is 18. The van der Waals surface area contributed by atoms with Gasteiger partial charge in [0.25, 0.3) is 0 Å². The molecule has 0 bridgehead atoms. The minimum absolute atomic E-state index is 0.158. The first-order valence-electron chi connectivity index (χ1n) is 11.2. The molecule has 240 valence electrons. The van der Waals surface area contributed by atoms with Crippen LogP contribution >= 0.6 is 23.5 Å². The molecule has 1 aliphatic heterocycles. The largest absolute Gasteiger partial charge is 0.531 e. The van der Waals surface area contributed by atoms with E-state index < -0.39 is 79.2 Å². The highest BCUT2D eigenvalue weighted by Gasteiger charge is 2.54. The molecular weight excluding hydrogens is 633 g/mol. The van der Waals surface area contributed by atoms with E-state index in [-0.39, 0.29) is 6.61 Å². The van der Waals surface area contributed by atoms with Crippen molar-refractivity contribution in [2.24, 2.45) is 0 Å². The first-order chi connectivity index (χ1) is 19.0. The van der Waals surface area contributed by atoms with E-state index in [0.717, 1.165) is 21.3 Å². The van der Waals surface area contributed by atoms with Gasteiger partial charge in [0.2, 0.25) is 0 Å². The fourth-order valence-corrected chi connectivity index (χ4v) is 3.76. The zero-order chi connectivity index (χ0) is 31.4. The summed E-state index contributed by atoms with van der Waals surface area (Å²) in [6.45, 7) is 1.58. The Labute approximate surface area is 232 Å². The normalized spacial score (nSPS) is 26.8. The molecule has 21 nitrogen and oxygen atoms in total. The van der Waals surface area contributed by atoms with E-state index >= 15 is 0 Å². The Morgan fingerprint density at radius 3 is 1.51 bits per heavy atom. The van der Waals surface area contributed by atoms with Gasteiger partial charge in [-0.3, -0.25) is 28.3 Å². The lowest BCUT2D eigenvalue weighted by molar-refractivity contribution is -0.297. The number of carbonyl (C=O) groups excluding carboxylic acids is 3. The number of rotatable bonds is 15. The van der Waals surface area contributed by atoms with Crippen molar-refractivity contribution >= 4 is 41.9 Å². The van der Waals surface area contributed by atoms with E-state index in [1.54, 1.807) is 0 Å². The van der Waals surface area contributed by atoms with Crippen molar-refractivity contribution in [2.45, 2.75) is 50.5 Å². The predicted molar refractivity (Wildman–Crippen MR) is 126 cm³/mol. The van der Waals surface area contributed by atoms with Crippen LogP contribution in [0.3, 0.4) is 0 Å². The van der Waals surface area contributed by atoms with Gasteiger partial charge in [0.05, 0.1) is 6.61 Å². The Balaban J connectivity index is 3.50. The molecule has 0 aromatic rings. The highest BCUT2D eigenvalue weighted by molar-refractivity contribution is 7.48. The van der Waals surface area contributed by atoms with Crippen molar-refractivity contribution in [3.63, 3.8) is 0 Å². The van der Waals surface area contributed by atoms with Crippen LogP contribution in [-0.2, 0) is 69.3 Å². The lowest BCUT2D eigenvalue weighted by atomic mass is 9.98. The summed E-state index contributed by atoms with van der Waals surface area (Å²) in [5, 5.41) is 0. The van der Waals surface area contributed by atoms with Crippen LogP contribution in [0.4, 0.5) is 14.4 Å². The molecule has 1 rings (SSSR count). The van der Waals surface area contributed by atoms with E-state index in [4.69, 9.17) is 28.4 Å². The maximum absolute atomic E-state index is 12.4. The van der Waals surface area contributed by atoms with E-state index in [1.807, 2.05) is 6.92 Å². The van der Waals surface area contributed by atoms with Crippen LogP contribution in [0.2, 0.25) is 0 Å². The summed E-state index contributed by atoms with van der Waals surface area (Å²) in [6.07, 6.45) is -13.9. The number of unbranched alkanes of at least 4 members (excludes halogenated alkanes) is 1. The Kier molecular flexibility index (Phi) is 15.1. The lowest BCUT2D eigenvalue weighted by Gasteiger charge is -2.43. The third-order valence-corrected chi connectivity index (χ3v) is 7.23. The maximum atomic E-state index is 12.4. The summed E-state index contributed by atoms with van der Waals surface area (Å²) in [6, 6.07) is 0. The fraction of sp³-hybridized carbons (Fsp3) is 0.824. The summed E-state index contributed by atoms with van der Waals surface area (Å²) in [5.74, 6) is 0. The molecule has 0 aliphatic carbocycles. The molecule has 0 aromatic heterocycles. The first-order valence-corrected chi connectivity index (χ1v) is 15.6. The molecule has 41 heavy (non-hydrogen) atoms. The minimum atomic E-state index is -5.02. The Hall–Kier alpha value is -1.86. The second kappa shape index (κ2) is 16.7. The van der Waals surface area contributed by atoms with E-state index in [9.17, 15) is 42.8 Å². The molecule has 1 heterocycles. The minimum Gasteiger partial charge on any atom is -0.424 e. The fourth-order valence-electron chi connectivity index (χ4n) is 2.84. The zero-order valence-corrected chi connectivity index (χ0v) is 24.9. The van der Waals surface area contributed by atoms with Gasteiger partial charge in [-0.1, -0.05) is 13.3 Å². The van der Waals surface area contributed by atoms with Crippen LogP contribution < -0.4 is 0 Å². The van der Waals surface area contributed by atoms with Gasteiger partial charge >= 0.3 is 41.9 Å². The quantitative estimate of drug-likeness (QED) is 0.0976. The van der Waals surface area contributed by atoms with Gasteiger partial charge in [0.1, 0.15) is 6.10 Å². The molecule has 3 N–H and O–H groups in total. The van der Waals surface area contributed by atoms with Crippen LogP contribution in [0.1, 0.15) is 19.8 Å². The predicted octanol–water partition coefficient (Wildman–Crippen LogP) is 1.98. The summed E-state index contributed by atoms with van der Waals surface area (Å²) in [4.78, 5) is 65.3. The third-order valence-electron chi connectivity index (χ3n) is 4.71. The molecule has 0 spiro atoms. The first kappa shape index (κ1) is 37.2. The van der Waals surface area contributed by atoms with Gasteiger partial charge in [-0.15, -0.1) is 0 Å². The second-order valence-electron chi connectivity index (χ2n) is 7.43. The highest BCUT2D eigenvalue weighted by atomic mass is 31.2. The monoisotopic (exact) mass is 664 g/mol. The molecular formula is C17H31O21P3. The topological polar surface area (TPSA) is 274 Å². The smallest absolute Gasteiger partial charge is 0.424 e. The molecule has 0 amide bonds. The number of ether oxygens (including phenoxy) is 6. The summed E-state index contributed by atoms with van der Waals surface area (Å²) >= 11 is 0. The van der Waals surface area contributed by atoms with Crippen molar-refractivity contribution in [2.75, 3.05) is 41.7 Å². The third kappa shape index (κ3) is 12.9. The average Bonchev–Trinajstić information content (AvgIpc) is 2.88. The maximum Gasteiger partial charge on any atom is 0.531 e. The molecule has 1 fully saturated rings. The van der Waals surface area contributed by atoms with Gasteiger partial charge < -0.3 is 42.0 Å². The van der Waals surface area contributed by atoms with Crippen molar-refractivity contribution in [3.8, 4) is 0 Å². The summed E-state index contributed by atoms with van der Waals surface area (Å²) in [7, 11) is -11.8. The van der Waals surface area contributed by atoms with E-state index in [0.29, 0.717) is 20.0 Å². The van der Waals surface area contributed by atoms with E-state index in [1.165, 1.54) is 0 Å². The highest BCUT2D eigenvalue weighted by Crippen LogP contribution is 2.45. The SMILES string of the molecule is CCCCOC[C@H]1O[C@H](OC)[C@@H](OC(=O)OP(=O)(O)OC)[C@@H](OC(=O)OP(=O)(O)OC)[C@H]1OC(=O)OP(=O)(O)OC. The zero-order valence-electron chi connectivity index (χ0n) is 22.2. The summed E-state index contributed by atoms with van der Waals surface area (Å²) < 4.78 is 90.9. The molecule has 24 heteroatoms. The van der Waals surface area contributed by atoms with Gasteiger partial charge in [0, 0.05) is 35.0 Å². The number of methoxy groups -OCH3 is 1. The van der Waals surface area contributed by atoms with Crippen LogP contribution in [-0.4, -0.2) is 106 Å². The molecule has 0 saturated carbocycles. The molecule has 0 radical (unpaired) electrons. The Morgan fingerprint density at radius 2 is 1.12 bits per heavy atom. The average molecular weight is 664 g/mol. The van der Waals surface area contributed by atoms with Gasteiger partial charge in [0.15, 0.2) is 24.6 Å². The Morgan fingerprint density at radius 1 is 0.707 bits per heavy atom. The molecule has 3 unspecified atom stereocenters. The number of hydrogen-bond donors (Lipinski definition) is 3. The van der Waals surface area contributed by atoms with Gasteiger partial charge in [-0.2, -0.15) is 0 Å². The van der Waals surface area contributed by atoms with Crippen molar-refractivity contribution in [1.82, 2.24) is 0 Å². The van der Waals surface area contributed by atoms with Crippen molar-refractivity contribution < 1.29 is 98.3 Å². The van der Waals surface area contributed by atoms with Crippen molar-refractivity contribution in [1.29, 1.82) is 0 Å². The van der Waals surface area contributed by atoms with Gasteiger partial charge in [-0.05, 0) is 6.42 Å². The Bertz CT molecular complexity index is 1020. The standard InChI is InChI=1S/C17H31O21P3/c1-6-7-8-31-9-10-11(33-15(18)36-39(21,22)28-3)12(34-16(19)37-40(23,24)29-4)13(14(27-2)32-10)35-17(20)38-41(25,26)30-5/h10-14H,6-9H2,1-5H3,(H,21,22)(H,23,24)(H,25,26)/t10-,11+,12+,13+,14+/m1/s1. The van der Waals surface area contributed by atoms with Gasteiger partial charge in [-0.25, -0.2) is 28.1 Å². The van der Waals surface area contributed by atoms with Crippen LogP contribution in [0.15, 0.2) is 0 Å².